The van der Waals surface area contributed by atoms with Crippen molar-refractivity contribution < 1.29 is 9.53 Å². The number of rotatable bonds is 4. The van der Waals surface area contributed by atoms with Crippen LogP contribution in [0.5, 0.6) is 0 Å². The van der Waals surface area contributed by atoms with Crippen LogP contribution in [0.25, 0.3) is 22.0 Å². The fourth-order valence-electron chi connectivity index (χ4n) is 4.42. The molecule has 4 aromatic rings. The Balaban J connectivity index is 1.49. The van der Waals surface area contributed by atoms with Crippen LogP contribution in [-0.4, -0.2) is 58.7 Å². The van der Waals surface area contributed by atoms with E-state index in [9.17, 15) is 4.79 Å². The van der Waals surface area contributed by atoms with Gasteiger partial charge in [0, 0.05) is 36.3 Å². The highest BCUT2D eigenvalue weighted by Crippen LogP contribution is 2.31. The van der Waals surface area contributed by atoms with Crippen molar-refractivity contribution >= 4 is 34.3 Å². The van der Waals surface area contributed by atoms with Gasteiger partial charge in [0.2, 0.25) is 11.8 Å². The molecule has 37 heavy (non-hydrogen) atoms. The predicted molar refractivity (Wildman–Crippen MR) is 144 cm³/mol. The molecule has 1 amide bonds. The van der Waals surface area contributed by atoms with Crippen molar-refractivity contribution in [3.05, 3.63) is 89.7 Å². The van der Waals surface area contributed by atoms with Gasteiger partial charge in [0.1, 0.15) is 0 Å². The molecule has 3 aromatic carbocycles. The van der Waals surface area contributed by atoms with Crippen molar-refractivity contribution in [3.8, 4) is 11.3 Å². The average molecular weight is 494 g/mol. The average Bonchev–Trinajstić information content (AvgIpc) is 3.23. The maximum atomic E-state index is 13.4. The number of fused-ring (bicyclic) bond motifs is 1. The highest BCUT2D eigenvalue weighted by Gasteiger charge is 2.21. The molecule has 1 fully saturated rings. The normalized spacial score (nSPS) is 13.7. The van der Waals surface area contributed by atoms with Crippen LogP contribution in [0.4, 0.5) is 5.82 Å². The van der Waals surface area contributed by atoms with Gasteiger partial charge < -0.3 is 20.7 Å². The highest BCUT2D eigenvalue weighted by atomic mass is 16.5. The summed E-state index contributed by atoms with van der Waals surface area (Å²) in [6.07, 6.45) is 2.46. The number of hydrogen-bond donors (Lipinski definition) is 4. The molecule has 5 N–H and O–H groups in total. The topological polar surface area (TPSA) is 141 Å². The molecule has 0 atom stereocenters. The molecule has 1 aromatic heterocycles. The van der Waals surface area contributed by atoms with Crippen molar-refractivity contribution in [2.45, 2.75) is 6.42 Å². The minimum absolute atomic E-state index is 0.00475. The lowest BCUT2D eigenvalue weighted by Gasteiger charge is -2.21. The van der Waals surface area contributed by atoms with Gasteiger partial charge in [-0.3, -0.25) is 15.6 Å². The van der Waals surface area contributed by atoms with Crippen LogP contribution in [0.1, 0.15) is 28.0 Å². The zero-order chi connectivity index (χ0) is 25.8. The van der Waals surface area contributed by atoms with Gasteiger partial charge in [-0.2, -0.15) is 0 Å². The lowest BCUT2D eigenvalue weighted by Crippen LogP contribution is -2.34. The van der Waals surface area contributed by atoms with Crippen molar-refractivity contribution in [1.82, 2.24) is 20.2 Å². The zero-order valence-corrected chi connectivity index (χ0v) is 20.2. The standard InChI is InChI=1S/C28H27N7O2/c29-25-24(27(31)37-26(30)18-7-2-1-3-8-18)34-23(17-33-25)21-11-12-22(20-10-5-4-9-19(20)21)28(36)35-15-6-13-32-14-16-35/h1-5,7-12,17,30-32H,6,13-16H2,(H2,29,33). The van der Waals surface area contributed by atoms with Gasteiger partial charge >= 0.3 is 0 Å². The first-order valence-corrected chi connectivity index (χ1v) is 12.1. The third kappa shape index (κ3) is 5.03. The maximum absolute atomic E-state index is 13.4. The molecule has 0 aliphatic carbocycles. The Morgan fingerprint density at radius 3 is 2.49 bits per heavy atom. The summed E-state index contributed by atoms with van der Waals surface area (Å²) in [7, 11) is 0. The van der Waals surface area contributed by atoms with Crippen molar-refractivity contribution in [2.75, 3.05) is 31.9 Å². The predicted octanol–water partition coefficient (Wildman–Crippen LogP) is 3.68. The largest absolute Gasteiger partial charge is 0.419 e. The number of nitrogen functional groups attached to an aromatic ring is 1. The van der Waals surface area contributed by atoms with Crippen LogP contribution in [0, 0.1) is 10.8 Å². The minimum atomic E-state index is -0.369. The Morgan fingerprint density at radius 1 is 0.919 bits per heavy atom. The Kier molecular flexibility index (Phi) is 6.87. The molecule has 9 nitrogen and oxygen atoms in total. The molecular formula is C28H27N7O2. The molecule has 2 heterocycles. The number of amides is 1. The van der Waals surface area contributed by atoms with Crippen LogP contribution in [-0.2, 0) is 4.74 Å². The quantitative estimate of drug-likeness (QED) is 0.252. The fraction of sp³-hybridized carbons (Fsp3) is 0.179. The number of carbonyl (C=O) groups is 1. The van der Waals surface area contributed by atoms with E-state index in [1.54, 1.807) is 30.5 Å². The summed E-state index contributed by atoms with van der Waals surface area (Å²) in [5.74, 6) is -0.522. The van der Waals surface area contributed by atoms with E-state index in [1.807, 2.05) is 47.4 Å². The molecule has 0 radical (unpaired) electrons. The first-order valence-electron chi connectivity index (χ1n) is 12.1. The number of nitrogens with zero attached hydrogens (tertiary/aromatic N) is 3. The Morgan fingerprint density at radius 2 is 1.68 bits per heavy atom. The Labute approximate surface area is 214 Å². The van der Waals surface area contributed by atoms with E-state index in [0.29, 0.717) is 23.4 Å². The maximum Gasteiger partial charge on any atom is 0.254 e. The Bertz CT molecular complexity index is 1480. The second-order valence-corrected chi connectivity index (χ2v) is 8.72. The molecule has 1 aliphatic heterocycles. The van der Waals surface area contributed by atoms with E-state index < -0.39 is 0 Å². The molecule has 9 heteroatoms. The minimum Gasteiger partial charge on any atom is -0.419 e. The molecular weight excluding hydrogens is 466 g/mol. The third-order valence-electron chi connectivity index (χ3n) is 6.31. The third-order valence-corrected chi connectivity index (χ3v) is 6.31. The van der Waals surface area contributed by atoms with Gasteiger partial charge in [0.25, 0.3) is 5.91 Å². The fourth-order valence-corrected chi connectivity index (χ4v) is 4.42. The molecule has 1 saturated heterocycles. The smallest absolute Gasteiger partial charge is 0.254 e. The summed E-state index contributed by atoms with van der Waals surface area (Å²) in [4.78, 5) is 24.1. The number of anilines is 1. The van der Waals surface area contributed by atoms with E-state index in [0.717, 1.165) is 42.4 Å². The summed E-state index contributed by atoms with van der Waals surface area (Å²) < 4.78 is 5.44. The highest BCUT2D eigenvalue weighted by molar-refractivity contribution is 6.11. The van der Waals surface area contributed by atoms with Gasteiger partial charge in [-0.25, -0.2) is 9.97 Å². The molecule has 5 rings (SSSR count). The molecule has 0 spiro atoms. The SMILES string of the molecule is N=C(OC(=N)c1nc(-c2ccc(C(=O)N3CCCNCC3)c3ccccc23)cnc1N)c1ccccc1. The summed E-state index contributed by atoms with van der Waals surface area (Å²) in [6.45, 7) is 3.07. The number of hydrogen-bond acceptors (Lipinski definition) is 8. The molecule has 0 unspecified atom stereocenters. The summed E-state index contributed by atoms with van der Waals surface area (Å²) in [5, 5.41) is 21.6. The van der Waals surface area contributed by atoms with Crippen LogP contribution in [0.3, 0.4) is 0 Å². The van der Waals surface area contributed by atoms with Crippen molar-refractivity contribution in [2.24, 2.45) is 0 Å². The lowest BCUT2D eigenvalue weighted by molar-refractivity contribution is 0.0768. The molecule has 1 aliphatic rings. The lowest BCUT2D eigenvalue weighted by atomic mass is 9.97. The van der Waals surface area contributed by atoms with Crippen molar-refractivity contribution in [1.29, 1.82) is 10.8 Å². The van der Waals surface area contributed by atoms with Crippen LogP contribution >= 0.6 is 0 Å². The number of carbonyl (C=O) groups excluding carboxylic acids is 1. The van der Waals surface area contributed by atoms with E-state index >= 15 is 0 Å². The summed E-state index contributed by atoms with van der Waals surface area (Å²) in [5.41, 5.74) is 8.48. The van der Waals surface area contributed by atoms with Gasteiger partial charge in [0.05, 0.1) is 11.9 Å². The van der Waals surface area contributed by atoms with E-state index in [-0.39, 0.29) is 29.2 Å². The Hall–Kier alpha value is -4.63. The van der Waals surface area contributed by atoms with Crippen molar-refractivity contribution in [3.63, 3.8) is 0 Å². The van der Waals surface area contributed by atoms with E-state index in [2.05, 4.69) is 15.3 Å². The molecule has 0 bridgehead atoms. The van der Waals surface area contributed by atoms with E-state index in [4.69, 9.17) is 21.3 Å². The molecule has 186 valence electrons. The van der Waals surface area contributed by atoms with Crippen LogP contribution in [0.2, 0.25) is 0 Å². The number of ether oxygens (including phenoxy) is 1. The first-order chi connectivity index (χ1) is 18.0. The second kappa shape index (κ2) is 10.5. The zero-order valence-electron chi connectivity index (χ0n) is 20.2. The number of benzene rings is 3. The van der Waals surface area contributed by atoms with E-state index in [1.165, 1.54) is 0 Å². The second-order valence-electron chi connectivity index (χ2n) is 8.72. The first kappa shape index (κ1) is 24.1. The molecule has 0 saturated carbocycles. The number of nitrogens with one attached hydrogen (secondary N) is 3. The summed E-state index contributed by atoms with van der Waals surface area (Å²) in [6, 6.07) is 20.2. The van der Waals surface area contributed by atoms with Gasteiger partial charge in [0.15, 0.2) is 11.5 Å². The van der Waals surface area contributed by atoms with Crippen LogP contribution in [0.15, 0.2) is 72.9 Å². The van der Waals surface area contributed by atoms with Crippen LogP contribution < -0.4 is 11.1 Å². The number of aromatic nitrogens is 2. The monoisotopic (exact) mass is 493 g/mol. The summed E-state index contributed by atoms with van der Waals surface area (Å²) >= 11 is 0. The number of nitrogens with two attached hydrogens (primary N) is 1. The van der Waals surface area contributed by atoms with Gasteiger partial charge in [-0.05, 0) is 41.9 Å². The van der Waals surface area contributed by atoms with Gasteiger partial charge in [-0.1, -0.05) is 48.5 Å². The van der Waals surface area contributed by atoms with Gasteiger partial charge in [-0.15, -0.1) is 0 Å².